The highest BCUT2D eigenvalue weighted by atomic mass is 15.3. The Balaban J connectivity index is 1.12. The first-order valence-corrected chi connectivity index (χ1v) is 33.7. The normalized spacial score (nSPS) is 12.6. The van der Waals surface area contributed by atoms with Crippen molar-refractivity contribution in [3.8, 4) is 145 Å². The van der Waals surface area contributed by atoms with Crippen LogP contribution in [0.4, 0.5) is 0 Å². The third-order valence-corrected chi connectivity index (χ3v) is 22.0. The molecule has 2 heterocycles. The highest BCUT2D eigenvalue weighted by molar-refractivity contribution is 6.15. The Kier molecular flexibility index (Phi) is 13.2. The number of nitrogens with zero attached hydrogens (tertiary/aromatic N) is 6. The third-order valence-electron chi connectivity index (χ3n) is 22.0. The summed E-state index contributed by atoms with van der Waals surface area (Å²) in [7, 11) is 0. The Morgan fingerprint density at radius 1 is 0.208 bits per heavy atom. The second-order valence-corrected chi connectivity index (χ2v) is 27.1. The quantitative estimate of drug-likeness (QED) is 0.143. The zero-order chi connectivity index (χ0) is 64.8. The molecule has 458 valence electrons. The highest BCUT2D eigenvalue weighted by Gasteiger charge is 2.39. The molecule has 0 aliphatic heterocycles. The standard InChI is InChI=1S/C90H68N6/c1-49-40-68-64-36-22-18-32-60(64)44-72(68)78(53(49)5)76-48-77(88-83(58-28-14-10-15-29-58)89(93-96-92-88)81-56(8)52(4)43-71-67-39-25-21-35-63(67)47-75(71)81)85(80-55(7)51(3)42-70-66-38-24-20-34-62(66)46-74(70)80)86(84(76)79-54(6)50(2)41-69-65-37-23-19-33-61(65)45-73(69)79)90-82(57-26-12-9-13-27-57)87(91-95-94-90)59-30-16-11-17-31-59/h9-43,48H,44-47H2,1-8H3. The van der Waals surface area contributed by atoms with Crippen LogP contribution in [0.5, 0.6) is 0 Å². The monoisotopic (exact) mass is 1230 g/mol. The van der Waals surface area contributed by atoms with E-state index in [0.717, 1.165) is 115 Å². The van der Waals surface area contributed by atoms with Crippen LogP contribution in [-0.4, -0.2) is 30.8 Å². The summed E-state index contributed by atoms with van der Waals surface area (Å²) < 4.78 is 0. The SMILES string of the molecule is Cc1cc2c(c(-c3cc(-c4nnnc(-c5c(C)c(C)cc6c5Cc5ccccc5-6)c4-c4ccccc4)c(-c4c(C)c(C)cc5c4Cc4ccccc4-5)c(-c4nnnc(-c5ccccc5)c4-c4ccccc4)c3-c3c(C)c(C)cc4c3Cc3ccccc3-4)c1C)Cc1ccccc1-2. The third kappa shape index (κ3) is 8.63. The lowest BCUT2D eigenvalue weighted by atomic mass is 9.73. The summed E-state index contributed by atoms with van der Waals surface area (Å²) in [4.78, 5) is 0. The summed E-state index contributed by atoms with van der Waals surface area (Å²) in [5.41, 5.74) is 47.7. The van der Waals surface area contributed by atoms with Crippen molar-refractivity contribution >= 4 is 0 Å². The Labute approximate surface area is 561 Å². The van der Waals surface area contributed by atoms with E-state index < -0.39 is 0 Å². The van der Waals surface area contributed by atoms with E-state index in [1.807, 2.05) is 0 Å². The lowest BCUT2D eigenvalue weighted by Crippen LogP contribution is -2.10. The molecule has 4 aliphatic carbocycles. The maximum absolute atomic E-state index is 5.69. The Morgan fingerprint density at radius 2 is 0.510 bits per heavy atom. The van der Waals surface area contributed by atoms with E-state index in [4.69, 9.17) is 30.8 Å². The molecule has 0 saturated heterocycles. The topological polar surface area (TPSA) is 77.3 Å². The average Bonchev–Trinajstić information content (AvgIpc) is 1.12. The summed E-state index contributed by atoms with van der Waals surface area (Å²) in [5.74, 6) is 0. The number of fused-ring (bicyclic) bond motifs is 12. The van der Waals surface area contributed by atoms with Crippen LogP contribution >= 0.6 is 0 Å². The van der Waals surface area contributed by atoms with Gasteiger partial charge in [0.25, 0.3) is 0 Å². The van der Waals surface area contributed by atoms with Crippen molar-refractivity contribution in [3.63, 3.8) is 0 Å². The summed E-state index contributed by atoms with van der Waals surface area (Å²) >= 11 is 0. The van der Waals surface area contributed by atoms with E-state index in [2.05, 4.69) is 274 Å². The van der Waals surface area contributed by atoms with Gasteiger partial charge in [0.2, 0.25) is 0 Å². The van der Waals surface area contributed by atoms with Gasteiger partial charge in [-0.05, 0) is 264 Å². The molecule has 0 atom stereocenters. The largest absolute Gasteiger partial charge is 0.129 e. The van der Waals surface area contributed by atoms with Crippen molar-refractivity contribution in [2.24, 2.45) is 0 Å². The Bertz CT molecular complexity index is 5670. The van der Waals surface area contributed by atoms with Gasteiger partial charge in [0.05, 0.1) is 0 Å². The van der Waals surface area contributed by atoms with Gasteiger partial charge in [-0.2, -0.15) is 0 Å². The van der Waals surface area contributed by atoms with Crippen LogP contribution in [0.25, 0.3) is 145 Å². The van der Waals surface area contributed by atoms with Crippen molar-refractivity contribution in [3.05, 3.63) is 307 Å². The molecule has 0 fully saturated rings. The smallest absolute Gasteiger partial charge is 0.106 e. The summed E-state index contributed by atoms with van der Waals surface area (Å²) in [6, 6.07) is 80.7. The molecule has 96 heavy (non-hydrogen) atoms. The predicted molar refractivity (Wildman–Crippen MR) is 393 cm³/mol. The molecule has 6 nitrogen and oxygen atoms in total. The minimum atomic E-state index is 0.728. The molecule has 0 radical (unpaired) electrons. The maximum Gasteiger partial charge on any atom is 0.106 e. The highest BCUT2D eigenvalue weighted by Crippen LogP contribution is 2.61. The van der Waals surface area contributed by atoms with Crippen molar-refractivity contribution in [2.75, 3.05) is 0 Å². The fraction of sp³-hybridized carbons (Fsp3) is 0.133. The molecule has 0 saturated carbocycles. The van der Waals surface area contributed by atoms with Crippen molar-refractivity contribution in [1.29, 1.82) is 0 Å². The molecule has 14 aromatic rings. The van der Waals surface area contributed by atoms with E-state index in [-0.39, 0.29) is 0 Å². The zero-order valence-corrected chi connectivity index (χ0v) is 55.3. The van der Waals surface area contributed by atoms with Crippen LogP contribution in [0, 0.1) is 55.4 Å². The van der Waals surface area contributed by atoms with Crippen LogP contribution in [0.3, 0.4) is 0 Å². The summed E-state index contributed by atoms with van der Waals surface area (Å²) in [6.07, 6.45) is 3.03. The van der Waals surface area contributed by atoms with Gasteiger partial charge in [-0.25, -0.2) is 0 Å². The molecule has 0 amide bonds. The first-order valence-electron chi connectivity index (χ1n) is 33.7. The van der Waals surface area contributed by atoms with Crippen LogP contribution in [0.2, 0.25) is 0 Å². The number of aromatic nitrogens is 6. The minimum absolute atomic E-state index is 0.728. The van der Waals surface area contributed by atoms with Gasteiger partial charge in [0, 0.05) is 44.5 Å². The van der Waals surface area contributed by atoms with Gasteiger partial charge in [-0.15, -0.1) is 20.4 Å². The predicted octanol–water partition coefficient (Wildman–Crippen LogP) is 21.8. The van der Waals surface area contributed by atoms with Gasteiger partial charge in [-0.1, -0.05) is 212 Å². The zero-order valence-electron chi connectivity index (χ0n) is 55.3. The molecule has 0 unspecified atom stereocenters. The van der Waals surface area contributed by atoms with Crippen LogP contribution in [0.15, 0.2) is 218 Å². The van der Waals surface area contributed by atoms with Crippen LogP contribution in [0.1, 0.15) is 89.0 Å². The van der Waals surface area contributed by atoms with E-state index in [1.165, 1.54) is 145 Å². The van der Waals surface area contributed by atoms with E-state index in [1.54, 1.807) is 0 Å². The fourth-order valence-corrected chi connectivity index (χ4v) is 17.0. The van der Waals surface area contributed by atoms with Crippen molar-refractivity contribution in [1.82, 2.24) is 30.8 Å². The van der Waals surface area contributed by atoms with Gasteiger partial charge >= 0.3 is 0 Å². The molecular formula is C90H68N6. The molecule has 18 rings (SSSR count). The second-order valence-electron chi connectivity index (χ2n) is 27.1. The Hall–Kier alpha value is -11.3. The van der Waals surface area contributed by atoms with Gasteiger partial charge in [0.1, 0.15) is 22.8 Å². The molecule has 2 aromatic heterocycles. The Morgan fingerprint density at radius 3 is 0.938 bits per heavy atom. The minimum Gasteiger partial charge on any atom is -0.129 e. The average molecular weight is 1230 g/mol. The number of aryl methyl sites for hydroxylation is 4. The molecular weight excluding hydrogens is 1170 g/mol. The number of benzene rings is 12. The van der Waals surface area contributed by atoms with Gasteiger partial charge in [0.15, 0.2) is 0 Å². The maximum atomic E-state index is 5.69. The lowest BCUT2D eigenvalue weighted by molar-refractivity contribution is 0.876. The molecule has 0 N–H and O–H groups in total. The molecule has 12 aromatic carbocycles. The number of rotatable bonds is 9. The summed E-state index contributed by atoms with van der Waals surface area (Å²) in [6.45, 7) is 18.5. The molecule has 0 spiro atoms. The van der Waals surface area contributed by atoms with Crippen LogP contribution in [-0.2, 0) is 25.7 Å². The second kappa shape index (κ2) is 22.1. The lowest BCUT2D eigenvalue weighted by Gasteiger charge is -2.30. The van der Waals surface area contributed by atoms with Gasteiger partial charge in [-0.3, -0.25) is 0 Å². The van der Waals surface area contributed by atoms with E-state index >= 15 is 0 Å². The number of hydrogen-bond acceptors (Lipinski definition) is 6. The number of hydrogen-bond donors (Lipinski definition) is 0. The molecule has 4 aliphatic rings. The first kappa shape index (κ1) is 57.3. The first-order chi connectivity index (χ1) is 47.0. The summed E-state index contributed by atoms with van der Waals surface area (Å²) in [5, 5.41) is 32.1. The van der Waals surface area contributed by atoms with Gasteiger partial charge < -0.3 is 0 Å². The van der Waals surface area contributed by atoms with Crippen molar-refractivity contribution < 1.29 is 0 Å². The van der Waals surface area contributed by atoms with E-state index in [0.29, 0.717) is 0 Å². The molecule has 6 heteroatoms. The van der Waals surface area contributed by atoms with Crippen molar-refractivity contribution in [2.45, 2.75) is 81.1 Å². The van der Waals surface area contributed by atoms with Crippen LogP contribution < -0.4 is 0 Å². The van der Waals surface area contributed by atoms with E-state index in [9.17, 15) is 0 Å². The molecule has 0 bridgehead atoms. The fourth-order valence-electron chi connectivity index (χ4n) is 17.0.